The van der Waals surface area contributed by atoms with Crippen molar-refractivity contribution in [3.63, 3.8) is 0 Å². The van der Waals surface area contributed by atoms with E-state index in [1.165, 1.54) is 12.1 Å². The average Bonchev–Trinajstić information content (AvgIpc) is 2.92. The molecular formula is C19H15NO4. The van der Waals surface area contributed by atoms with Gasteiger partial charge in [-0.05, 0) is 41.8 Å². The maximum absolute atomic E-state index is 13.0. The van der Waals surface area contributed by atoms with E-state index < -0.39 is 11.9 Å². The Labute approximate surface area is 137 Å². The first-order valence-electron chi connectivity index (χ1n) is 7.78. The van der Waals surface area contributed by atoms with E-state index in [1.54, 1.807) is 18.2 Å². The molecule has 0 spiro atoms. The number of hydrogen-bond donors (Lipinski definition) is 2. The van der Waals surface area contributed by atoms with E-state index in [0.29, 0.717) is 22.1 Å². The Morgan fingerprint density at radius 2 is 2.00 bits per heavy atom. The molecule has 2 N–H and O–H groups in total. The monoisotopic (exact) mass is 321 g/mol. The second kappa shape index (κ2) is 5.23. The van der Waals surface area contributed by atoms with Gasteiger partial charge in [-0.2, -0.15) is 0 Å². The summed E-state index contributed by atoms with van der Waals surface area (Å²) in [5.74, 6) is -0.296. The van der Waals surface area contributed by atoms with Gasteiger partial charge in [0.05, 0.1) is 17.0 Å². The van der Waals surface area contributed by atoms with Crippen molar-refractivity contribution in [1.29, 1.82) is 0 Å². The first-order chi connectivity index (χ1) is 11.6. The Balaban J connectivity index is 1.99. The number of benzene rings is 2. The zero-order chi connectivity index (χ0) is 16.8. The summed E-state index contributed by atoms with van der Waals surface area (Å²) in [6, 6.07) is 11.3. The molecule has 4 rings (SSSR count). The molecule has 0 bridgehead atoms. The first-order valence-corrected chi connectivity index (χ1v) is 7.78. The van der Waals surface area contributed by atoms with Crippen LogP contribution in [0, 0.1) is 0 Å². The third-order valence-electron chi connectivity index (χ3n) is 4.37. The van der Waals surface area contributed by atoms with Crippen LogP contribution in [-0.4, -0.2) is 11.0 Å². The van der Waals surface area contributed by atoms with E-state index in [4.69, 9.17) is 4.42 Å². The van der Waals surface area contributed by atoms with Crippen molar-refractivity contribution in [3.05, 3.63) is 75.1 Å². The number of amides is 1. The normalized spacial score (nSPS) is 16.2. The Hall–Kier alpha value is -3.08. The molecule has 0 radical (unpaired) electrons. The first kappa shape index (κ1) is 14.5. The van der Waals surface area contributed by atoms with Gasteiger partial charge in [-0.25, -0.2) is 0 Å². The zero-order valence-electron chi connectivity index (χ0n) is 13.0. The van der Waals surface area contributed by atoms with Crippen molar-refractivity contribution in [1.82, 2.24) is 5.32 Å². The summed E-state index contributed by atoms with van der Waals surface area (Å²) < 4.78 is 5.70. The Morgan fingerprint density at radius 3 is 2.75 bits per heavy atom. The number of phenolic OH excluding ortho intramolecular Hbond substituents is 1. The summed E-state index contributed by atoms with van der Waals surface area (Å²) in [5.41, 5.74) is 2.16. The van der Waals surface area contributed by atoms with Crippen LogP contribution >= 0.6 is 0 Å². The van der Waals surface area contributed by atoms with Gasteiger partial charge in [0.1, 0.15) is 11.3 Å². The molecule has 2 heterocycles. The van der Waals surface area contributed by atoms with Crippen LogP contribution in [0.4, 0.5) is 0 Å². The minimum absolute atomic E-state index is 0.0464. The van der Waals surface area contributed by atoms with Crippen molar-refractivity contribution in [2.24, 2.45) is 0 Å². The highest BCUT2D eigenvalue weighted by molar-refractivity contribution is 5.99. The van der Waals surface area contributed by atoms with Gasteiger partial charge in [-0.3, -0.25) is 9.59 Å². The second-order valence-electron chi connectivity index (χ2n) is 5.86. The van der Waals surface area contributed by atoms with Gasteiger partial charge in [-0.15, -0.1) is 0 Å². The fourth-order valence-electron chi connectivity index (χ4n) is 3.13. The highest BCUT2D eigenvalue weighted by Crippen LogP contribution is 2.32. The van der Waals surface area contributed by atoms with Crippen LogP contribution in [0.2, 0.25) is 0 Å². The van der Waals surface area contributed by atoms with Crippen molar-refractivity contribution < 1.29 is 14.3 Å². The van der Waals surface area contributed by atoms with Gasteiger partial charge in [-0.1, -0.05) is 25.1 Å². The third-order valence-corrected chi connectivity index (χ3v) is 4.37. The molecule has 1 unspecified atom stereocenters. The van der Waals surface area contributed by atoms with Crippen molar-refractivity contribution >= 4 is 16.9 Å². The lowest BCUT2D eigenvalue weighted by atomic mass is 9.98. The van der Waals surface area contributed by atoms with E-state index in [0.717, 1.165) is 12.0 Å². The van der Waals surface area contributed by atoms with Crippen LogP contribution in [0.5, 0.6) is 5.75 Å². The number of aryl methyl sites for hydroxylation is 1. The molecule has 1 aliphatic rings. The molecule has 1 aliphatic heterocycles. The average molecular weight is 321 g/mol. The number of hydrogen-bond acceptors (Lipinski definition) is 4. The smallest absolute Gasteiger partial charge is 0.288 e. The van der Waals surface area contributed by atoms with E-state index in [-0.39, 0.29) is 16.9 Å². The number of carbonyl (C=O) groups is 1. The largest absolute Gasteiger partial charge is 0.508 e. The van der Waals surface area contributed by atoms with Crippen molar-refractivity contribution in [2.45, 2.75) is 19.4 Å². The fraction of sp³-hybridized carbons (Fsp3) is 0.158. The molecular weight excluding hydrogens is 306 g/mol. The van der Waals surface area contributed by atoms with Crippen LogP contribution < -0.4 is 10.7 Å². The number of aromatic hydroxyl groups is 1. The molecule has 5 nitrogen and oxygen atoms in total. The van der Waals surface area contributed by atoms with Gasteiger partial charge in [0, 0.05) is 0 Å². The Morgan fingerprint density at radius 1 is 1.17 bits per heavy atom. The van der Waals surface area contributed by atoms with Gasteiger partial charge in [0.25, 0.3) is 5.91 Å². The quantitative estimate of drug-likeness (QED) is 0.760. The molecule has 1 atom stereocenters. The number of rotatable bonds is 2. The summed E-state index contributed by atoms with van der Waals surface area (Å²) >= 11 is 0. The molecule has 0 aliphatic carbocycles. The SMILES string of the molecule is CCc1ccc2oc3c(c(=O)c2c1)C(c1cccc(O)c1)NC3=O. The van der Waals surface area contributed by atoms with Crippen molar-refractivity contribution in [2.75, 3.05) is 0 Å². The predicted octanol–water partition coefficient (Wildman–Crippen LogP) is 2.89. The molecule has 0 saturated carbocycles. The molecule has 1 amide bonds. The molecule has 24 heavy (non-hydrogen) atoms. The van der Waals surface area contributed by atoms with Gasteiger partial charge in [0.15, 0.2) is 5.43 Å². The van der Waals surface area contributed by atoms with Crippen LogP contribution in [0.15, 0.2) is 51.7 Å². The molecule has 5 heteroatoms. The lowest BCUT2D eigenvalue weighted by Gasteiger charge is -2.11. The van der Waals surface area contributed by atoms with Crippen LogP contribution in [0.1, 0.15) is 40.2 Å². The summed E-state index contributed by atoms with van der Waals surface area (Å²) in [6.45, 7) is 2.01. The standard InChI is InChI=1S/C19H15NO4/c1-2-10-6-7-14-13(8-10)17(22)15-16(20-19(23)18(15)24-14)11-4-3-5-12(21)9-11/h3-9,16,21H,2H2,1H3,(H,20,23). The molecule has 3 aromatic rings. The number of phenols is 1. The molecule has 0 fully saturated rings. The van der Waals surface area contributed by atoms with Crippen molar-refractivity contribution in [3.8, 4) is 5.75 Å². The lowest BCUT2D eigenvalue weighted by Crippen LogP contribution is -2.21. The van der Waals surface area contributed by atoms with Crippen LogP contribution in [0.25, 0.3) is 11.0 Å². The summed E-state index contributed by atoms with van der Waals surface area (Å²) in [6.07, 6.45) is 0.805. The number of fused-ring (bicyclic) bond motifs is 2. The Bertz CT molecular complexity index is 1040. The zero-order valence-corrected chi connectivity index (χ0v) is 13.0. The fourth-order valence-corrected chi connectivity index (χ4v) is 3.13. The van der Waals surface area contributed by atoms with E-state index in [1.807, 2.05) is 19.1 Å². The minimum Gasteiger partial charge on any atom is -0.508 e. The molecule has 2 aromatic carbocycles. The van der Waals surface area contributed by atoms with Crippen LogP contribution in [-0.2, 0) is 6.42 Å². The van der Waals surface area contributed by atoms with Gasteiger partial charge >= 0.3 is 0 Å². The topological polar surface area (TPSA) is 79.5 Å². The maximum Gasteiger partial charge on any atom is 0.288 e. The molecule has 120 valence electrons. The van der Waals surface area contributed by atoms with E-state index >= 15 is 0 Å². The maximum atomic E-state index is 13.0. The van der Waals surface area contributed by atoms with Gasteiger partial charge < -0.3 is 14.8 Å². The van der Waals surface area contributed by atoms with E-state index in [2.05, 4.69) is 5.32 Å². The second-order valence-corrected chi connectivity index (χ2v) is 5.86. The number of nitrogens with one attached hydrogen (secondary N) is 1. The van der Waals surface area contributed by atoms with E-state index in [9.17, 15) is 14.7 Å². The number of carbonyl (C=O) groups excluding carboxylic acids is 1. The third kappa shape index (κ3) is 2.09. The summed E-state index contributed by atoms with van der Waals surface area (Å²) in [5, 5.41) is 12.9. The minimum atomic E-state index is -0.620. The molecule has 1 aromatic heterocycles. The van der Waals surface area contributed by atoms with Gasteiger partial charge in [0.2, 0.25) is 5.76 Å². The Kier molecular flexibility index (Phi) is 3.16. The molecule has 0 saturated heterocycles. The predicted molar refractivity (Wildman–Crippen MR) is 89.3 cm³/mol. The summed E-state index contributed by atoms with van der Waals surface area (Å²) in [7, 11) is 0. The highest BCUT2D eigenvalue weighted by Gasteiger charge is 2.35. The summed E-state index contributed by atoms with van der Waals surface area (Å²) in [4.78, 5) is 25.2. The highest BCUT2D eigenvalue weighted by atomic mass is 16.3. The lowest BCUT2D eigenvalue weighted by molar-refractivity contribution is 0.0938. The van der Waals surface area contributed by atoms with Crippen LogP contribution in [0.3, 0.4) is 0 Å².